The topological polar surface area (TPSA) is 128 Å². The number of nitrogens with one attached hydrogen (secondary N) is 2. The molecule has 1 atom stereocenters. The Balaban J connectivity index is 1.55. The van der Waals surface area contributed by atoms with Crippen LogP contribution in [0.4, 0.5) is 4.79 Å². The number of hydrogen-bond donors (Lipinski definition) is 2. The Bertz CT molecular complexity index is 1440. The van der Waals surface area contributed by atoms with Crippen molar-refractivity contribution in [1.29, 1.82) is 0 Å². The van der Waals surface area contributed by atoms with E-state index in [1.54, 1.807) is 68.8 Å². The van der Waals surface area contributed by atoms with E-state index in [4.69, 9.17) is 18.9 Å². The molecule has 0 saturated heterocycles. The summed E-state index contributed by atoms with van der Waals surface area (Å²) in [6.45, 7) is 2.02. The molecule has 0 fully saturated rings. The molecule has 3 heterocycles. The van der Waals surface area contributed by atoms with Crippen LogP contribution in [0.5, 0.6) is 17.2 Å². The van der Waals surface area contributed by atoms with Gasteiger partial charge >= 0.3 is 12.0 Å². The lowest BCUT2D eigenvalue weighted by Crippen LogP contribution is -2.49. The lowest BCUT2D eigenvalue weighted by Gasteiger charge is -2.32. The van der Waals surface area contributed by atoms with E-state index >= 15 is 0 Å². The number of benzene rings is 2. The number of urea groups is 1. The standard InChI is InChI=1S/C29H28N4O7/c1-3-38-28(35)25-22(31-29(36)32-26(25)19-7-9-21(37-2)10-8-19)16-33(27(34)20-5-4-12-30-14-20)15-18-6-11-23-24(13-18)40-17-39-23/h4-14,26H,3,15-17H2,1-2H3,(H2,31,32,36). The monoisotopic (exact) mass is 544 g/mol. The van der Waals surface area contributed by atoms with Crippen LogP contribution in [0, 0.1) is 0 Å². The largest absolute Gasteiger partial charge is 0.497 e. The van der Waals surface area contributed by atoms with Crippen molar-refractivity contribution in [3.8, 4) is 17.2 Å². The molecule has 0 saturated carbocycles. The van der Waals surface area contributed by atoms with Gasteiger partial charge in [-0.25, -0.2) is 9.59 Å². The molecule has 2 N–H and O–H groups in total. The van der Waals surface area contributed by atoms with Gasteiger partial charge in [0.25, 0.3) is 5.91 Å². The number of pyridine rings is 1. The van der Waals surface area contributed by atoms with Crippen LogP contribution in [0.25, 0.3) is 0 Å². The van der Waals surface area contributed by atoms with Crippen LogP contribution < -0.4 is 24.8 Å². The third-order valence-corrected chi connectivity index (χ3v) is 6.45. The number of ether oxygens (including phenoxy) is 4. The fourth-order valence-electron chi connectivity index (χ4n) is 4.56. The predicted molar refractivity (Wildman–Crippen MR) is 143 cm³/mol. The number of methoxy groups -OCH3 is 1. The van der Waals surface area contributed by atoms with Gasteiger partial charge < -0.3 is 34.5 Å². The van der Waals surface area contributed by atoms with Gasteiger partial charge in [0.15, 0.2) is 11.5 Å². The van der Waals surface area contributed by atoms with E-state index in [2.05, 4.69) is 15.6 Å². The van der Waals surface area contributed by atoms with Crippen LogP contribution in [0.2, 0.25) is 0 Å². The van der Waals surface area contributed by atoms with Crippen molar-refractivity contribution in [2.45, 2.75) is 19.5 Å². The molecule has 1 aromatic heterocycles. The van der Waals surface area contributed by atoms with Crippen LogP contribution >= 0.6 is 0 Å². The second-order valence-electron chi connectivity index (χ2n) is 9.01. The average molecular weight is 545 g/mol. The first kappa shape index (κ1) is 26.5. The SMILES string of the molecule is CCOC(=O)C1=C(CN(Cc2ccc3c(c2)OCO3)C(=O)c2cccnc2)NC(=O)NC1c1ccc(OC)cc1. The lowest BCUT2D eigenvalue weighted by molar-refractivity contribution is -0.139. The quantitative estimate of drug-likeness (QED) is 0.393. The molecule has 1 unspecified atom stereocenters. The number of esters is 1. The number of hydrogen-bond acceptors (Lipinski definition) is 8. The Morgan fingerprint density at radius 1 is 1.07 bits per heavy atom. The molecule has 2 aliphatic rings. The van der Waals surface area contributed by atoms with Crippen LogP contribution in [-0.2, 0) is 16.1 Å². The zero-order chi connectivity index (χ0) is 28.1. The Hall–Kier alpha value is -5.06. The molecule has 11 nitrogen and oxygen atoms in total. The highest BCUT2D eigenvalue weighted by atomic mass is 16.7. The van der Waals surface area contributed by atoms with Gasteiger partial charge in [-0.1, -0.05) is 18.2 Å². The summed E-state index contributed by atoms with van der Waals surface area (Å²) in [5.74, 6) is 0.877. The number of rotatable bonds is 9. The van der Waals surface area contributed by atoms with Gasteiger partial charge in [0, 0.05) is 18.9 Å². The predicted octanol–water partition coefficient (Wildman–Crippen LogP) is 3.33. The highest BCUT2D eigenvalue weighted by molar-refractivity contribution is 5.97. The normalized spacial score (nSPS) is 15.7. The van der Waals surface area contributed by atoms with Crippen LogP contribution in [-0.4, -0.2) is 54.8 Å². The molecule has 2 aliphatic heterocycles. The van der Waals surface area contributed by atoms with Crippen LogP contribution in [0.1, 0.15) is 34.5 Å². The van der Waals surface area contributed by atoms with Gasteiger partial charge in [0.1, 0.15) is 5.75 Å². The Morgan fingerprint density at radius 2 is 1.88 bits per heavy atom. The van der Waals surface area contributed by atoms with Crippen molar-refractivity contribution in [3.05, 3.63) is 95.0 Å². The van der Waals surface area contributed by atoms with E-state index in [1.165, 1.54) is 11.1 Å². The maximum absolute atomic E-state index is 13.7. The smallest absolute Gasteiger partial charge is 0.338 e. The molecular formula is C29H28N4O7. The Morgan fingerprint density at radius 3 is 2.60 bits per heavy atom. The molecule has 0 bridgehead atoms. The summed E-state index contributed by atoms with van der Waals surface area (Å²) >= 11 is 0. The number of nitrogens with zero attached hydrogens (tertiary/aromatic N) is 2. The maximum atomic E-state index is 13.7. The minimum absolute atomic E-state index is 0.0869. The second kappa shape index (κ2) is 11.8. The van der Waals surface area contributed by atoms with Gasteiger partial charge in [-0.3, -0.25) is 9.78 Å². The number of fused-ring (bicyclic) bond motifs is 1. The first-order valence-corrected chi connectivity index (χ1v) is 12.7. The molecular weight excluding hydrogens is 516 g/mol. The van der Waals surface area contributed by atoms with E-state index in [0.717, 1.165) is 5.56 Å². The molecule has 40 heavy (non-hydrogen) atoms. The van der Waals surface area contributed by atoms with Crippen LogP contribution in [0.15, 0.2) is 78.3 Å². The zero-order valence-electron chi connectivity index (χ0n) is 22.0. The fraction of sp³-hybridized carbons (Fsp3) is 0.241. The number of aromatic nitrogens is 1. The first-order valence-electron chi connectivity index (χ1n) is 12.7. The van der Waals surface area contributed by atoms with Crippen molar-refractivity contribution < 1.29 is 33.3 Å². The minimum Gasteiger partial charge on any atom is -0.497 e. The van der Waals surface area contributed by atoms with Gasteiger partial charge in [0.2, 0.25) is 6.79 Å². The van der Waals surface area contributed by atoms with Gasteiger partial charge in [-0.2, -0.15) is 0 Å². The Labute approximate surface area is 230 Å². The lowest BCUT2D eigenvalue weighted by atomic mass is 9.94. The van der Waals surface area contributed by atoms with Crippen molar-refractivity contribution in [2.24, 2.45) is 0 Å². The molecule has 0 spiro atoms. The van der Waals surface area contributed by atoms with Crippen LogP contribution in [0.3, 0.4) is 0 Å². The number of carbonyl (C=O) groups excluding carboxylic acids is 3. The number of carbonyl (C=O) groups is 3. The third-order valence-electron chi connectivity index (χ3n) is 6.45. The van der Waals surface area contributed by atoms with Gasteiger partial charge in [0.05, 0.1) is 43.1 Å². The van der Waals surface area contributed by atoms with E-state index in [1.807, 2.05) is 6.07 Å². The van der Waals surface area contributed by atoms with Gasteiger partial charge in [-0.05, 0) is 54.4 Å². The van der Waals surface area contributed by atoms with E-state index in [-0.39, 0.29) is 43.7 Å². The molecule has 11 heteroatoms. The summed E-state index contributed by atoms with van der Waals surface area (Å²) in [5.41, 5.74) is 2.22. The summed E-state index contributed by atoms with van der Waals surface area (Å²) in [7, 11) is 1.55. The van der Waals surface area contributed by atoms with Gasteiger partial charge in [-0.15, -0.1) is 0 Å². The van der Waals surface area contributed by atoms with E-state index < -0.39 is 18.0 Å². The zero-order valence-corrected chi connectivity index (χ0v) is 22.0. The Kier molecular flexibility index (Phi) is 7.81. The summed E-state index contributed by atoms with van der Waals surface area (Å²) < 4.78 is 21.5. The van der Waals surface area contributed by atoms with E-state index in [9.17, 15) is 14.4 Å². The average Bonchev–Trinajstić information content (AvgIpc) is 3.45. The highest BCUT2D eigenvalue weighted by Gasteiger charge is 2.35. The molecule has 3 aromatic rings. The van der Waals surface area contributed by atoms with E-state index in [0.29, 0.717) is 28.4 Å². The second-order valence-corrected chi connectivity index (χ2v) is 9.01. The summed E-state index contributed by atoms with van der Waals surface area (Å²) in [6, 6.07) is 14.4. The minimum atomic E-state index is -0.811. The molecule has 0 aliphatic carbocycles. The first-order chi connectivity index (χ1) is 19.5. The van der Waals surface area contributed by atoms with Crippen molar-refractivity contribution in [1.82, 2.24) is 20.5 Å². The van der Waals surface area contributed by atoms with Crippen molar-refractivity contribution >= 4 is 17.9 Å². The summed E-state index contributed by atoms with van der Waals surface area (Å²) in [4.78, 5) is 45.4. The molecule has 3 amide bonds. The number of amides is 3. The summed E-state index contributed by atoms with van der Waals surface area (Å²) in [6.07, 6.45) is 3.05. The highest BCUT2D eigenvalue weighted by Crippen LogP contribution is 2.34. The third kappa shape index (κ3) is 5.68. The molecule has 206 valence electrons. The maximum Gasteiger partial charge on any atom is 0.338 e. The summed E-state index contributed by atoms with van der Waals surface area (Å²) in [5, 5.41) is 5.55. The molecule has 5 rings (SSSR count). The van der Waals surface area contributed by atoms with Crippen molar-refractivity contribution in [2.75, 3.05) is 27.1 Å². The fourth-order valence-corrected chi connectivity index (χ4v) is 4.56. The molecule has 0 radical (unpaired) electrons. The van der Waals surface area contributed by atoms with Crippen molar-refractivity contribution in [3.63, 3.8) is 0 Å². The molecule has 2 aromatic carbocycles.